The SMILES string of the molecule is [C-]#[N+]c1cc(C)c(NC(=O)C2(C)CCC2)c(C)c1. The standard InChI is InChI=1S/C15H18N2O/c1-10-8-12(16-4)9-11(2)13(10)17-14(18)15(3)6-5-7-15/h8-9H,5-7H2,1-3H3,(H,17,18). The van der Waals surface area contributed by atoms with Crippen molar-refractivity contribution in [3.8, 4) is 0 Å². The molecule has 0 unspecified atom stereocenters. The predicted octanol–water partition coefficient (Wildman–Crippen LogP) is 3.98. The second-order valence-electron chi connectivity index (χ2n) is 5.43. The molecule has 1 amide bonds. The van der Waals surface area contributed by atoms with Gasteiger partial charge in [0.15, 0.2) is 5.69 Å². The van der Waals surface area contributed by atoms with Crippen molar-refractivity contribution < 1.29 is 4.79 Å². The molecular weight excluding hydrogens is 224 g/mol. The van der Waals surface area contributed by atoms with Gasteiger partial charge in [0.1, 0.15) is 0 Å². The van der Waals surface area contributed by atoms with E-state index in [2.05, 4.69) is 10.2 Å². The molecule has 0 atom stereocenters. The number of nitrogens with one attached hydrogen (secondary N) is 1. The van der Waals surface area contributed by atoms with Crippen LogP contribution in [-0.4, -0.2) is 5.91 Å². The first kappa shape index (κ1) is 12.6. The number of anilines is 1. The molecule has 0 heterocycles. The summed E-state index contributed by atoms with van der Waals surface area (Å²) < 4.78 is 0. The van der Waals surface area contributed by atoms with Gasteiger partial charge in [-0.15, -0.1) is 0 Å². The van der Waals surface area contributed by atoms with Gasteiger partial charge in [-0.1, -0.05) is 25.5 Å². The zero-order valence-electron chi connectivity index (χ0n) is 11.1. The number of benzene rings is 1. The van der Waals surface area contributed by atoms with Gasteiger partial charge < -0.3 is 5.32 Å². The second-order valence-corrected chi connectivity index (χ2v) is 5.43. The zero-order chi connectivity index (χ0) is 13.3. The smallest absolute Gasteiger partial charge is 0.230 e. The number of rotatable bonds is 2. The van der Waals surface area contributed by atoms with Gasteiger partial charge in [-0.05, 0) is 37.8 Å². The largest absolute Gasteiger partial charge is 0.325 e. The minimum atomic E-state index is -0.197. The van der Waals surface area contributed by atoms with Crippen LogP contribution in [0, 0.1) is 25.8 Å². The fourth-order valence-electron chi connectivity index (χ4n) is 2.40. The van der Waals surface area contributed by atoms with Crippen LogP contribution in [0.2, 0.25) is 0 Å². The van der Waals surface area contributed by atoms with Crippen LogP contribution in [0.25, 0.3) is 4.85 Å². The summed E-state index contributed by atoms with van der Waals surface area (Å²) in [5.41, 5.74) is 3.20. The highest BCUT2D eigenvalue weighted by molar-refractivity contribution is 5.97. The molecule has 1 aliphatic carbocycles. The number of aryl methyl sites for hydroxylation is 2. The first-order valence-corrected chi connectivity index (χ1v) is 6.26. The molecule has 0 radical (unpaired) electrons. The molecule has 1 aromatic carbocycles. The lowest BCUT2D eigenvalue weighted by Crippen LogP contribution is -2.39. The first-order valence-electron chi connectivity index (χ1n) is 6.26. The molecule has 1 aromatic rings. The highest BCUT2D eigenvalue weighted by atomic mass is 16.2. The summed E-state index contributed by atoms with van der Waals surface area (Å²) in [5, 5.41) is 3.03. The van der Waals surface area contributed by atoms with Crippen LogP contribution in [0.1, 0.15) is 37.3 Å². The van der Waals surface area contributed by atoms with Crippen LogP contribution >= 0.6 is 0 Å². The molecule has 3 nitrogen and oxygen atoms in total. The summed E-state index contributed by atoms with van der Waals surface area (Å²) in [4.78, 5) is 15.6. The van der Waals surface area contributed by atoms with Crippen LogP contribution in [0.15, 0.2) is 12.1 Å². The molecule has 94 valence electrons. The summed E-state index contributed by atoms with van der Waals surface area (Å²) in [6, 6.07) is 3.64. The minimum Gasteiger partial charge on any atom is -0.325 e. The Labute approximate surface area is 108 Å². The Hall–Kier alpha value is -1.82. The molecule has 1 aliphatic rings. The van der Waals surface area contributed by atoms with Gasteiger partial charge in [0.2, 0.25) is 5.91 Å². The average molecular weight is 242 g/mol. The van der Waals surface area contributed by atoms with Gasteiger partial charge in [-0.2, -0.15) is 0 Å². The topological polar surface area (TPSA) is 33.5 Å². The van der Waals surface area contributed by atoms with E-state index < -0.39 is 0 Å². The summed E-state index contributed by atoms with van der Waals surface area (Å²) in [6.45, 7) is 12.9. The lowest BCUT2D eigenvalue weighted by Gasteiger charge is -2.36. The van der Waals surface area contributed by atoms with Crippen LogP contribution in [-0.2, 0) is 4.79 Å². The Morgan fingerprint density at radius 1 is 1.33 bits per heavy atom. The van der Waals surface area contributed by atoms with E-state index in [1.165, 1.54) is 0 Å². The molecule has 0 aromatic heterocycles. The fourth-order valence-corrected chi connectivity index (χ4v) is 2.40. The molecular formula is C15H18N2O. The Morgan fingerprint density at radius 3 is 2.28 bits per heavy atom. The maximum atomic E-state index is 12.2. The van der Waals surface area contributed by atoms with Gasteiger partial charge in [-0.25, -0.2) is 4.85 Å². The van der Waals surface area contributed by atoms with E-state index in [1.54, 1.807) is 0 Å². The molecule has 0 bridgehead atoms. The van der Waals surface area contributed by atoms with Crippen molar-refractivity contribution in [2.24, 2.45) is 5.41 Å². The van der Waals surface area contributed by atoms with Crippen LogP contribution < -0.4 is 5.32 Å². The third kappa shape index (κ3) is 2.11. The maximum absolute atomic E-state index is 12.2. The van der Waals surface area contributed by atoms with E-state index in [0.29, 0.717) is 5.69 Å². The Kier molecular flexibility index (Phi) is 3.13. The summed E-state index contributed by atoms with van der Waals surface area (Å²) in [5.74, 6) is 0.107. The molecule has 1 saturated carbocycles. The quantitative estimate of drug-likeness (QED) is 0.782. The normalized spacial score (nSPS) is 16.6. The third-order valence-electron chi connectivity index (χ3n) is 3.89. The fraction of sp³-hybridized carbons (Fsp3) is 0.467. The first-order chi connectivity index (χ1) is 8.46. The Morgan fingerprint density at radius 2 is 1.89 bits per heavy atom. The number of carbonyl (C=O) groups is 1. The summed E-state index contributed by atoms with van der Waals surface area (Å²) in [6.07, 6.45) is 3.08. The van der Waals surface area contributed by atoms with Gasteiger partial charge in [0, 0.05) is 11.1 Å². The number of amides is 1. The second kappa shape index (κ2) is 4.45. The lowest BCUT2D eigenvalue weighted by atomic mass is 9.70. The highest BCUT2D eigenvalue weighted by Gasteiger charge is 2.39. The molecule has 0 aliphatic heterocycles. The van der Waals surface area contributed by atoms with E-state index in [9.17, 15) is 4.79 Å². The van der Waals surface area contributed by atoms with Crippen LogP contribution in [0.4, 0.5) is 11.4 Å². The number of hydrogen-bond donors (Lipinski definition) is 1. The molecule has 1 N–H and O–H groups in total. The molecule has 18 heavy (non-hydrogen) atoms. The van der Waals surface area contributed by atoms with Crippen molar-refractivity contribution in [3.63, 3.8) is 0 Å². The van der Waals surface area contributed by atoms with Gasteiger partial charge in [0.25, 0.3) is 0 Å². The Bertz CT molecular complexity index is 513. The van der Waals surface area contributed by atoms with Gasteiger partial charge >= 0.3 is 0 Å². The molecule has 0 spiro atoms. The monoisotopic (exact) mass is 242 g/mol. The Balaban J connectivity index is 2.25. The van der Waals surface area contributed by atoms with Crippen molar-refractivity contribution in [3.05, 3.63) is 34.7 Å². The number of hydrogen-bond acceptors (Lipinski definition) is 1. The summed E-state index contributed by atoms with van der Waals surface area (Å²) in [7, 11) is 0. The third-order valence-corrected chi connectivity index (χ3v) is 3.89. The van der Waals surface area contributed by atoms with Crippen molar-refractivity contribution in [1.82, 2.24) is 0 Å². The molecule has 2 rings (SSSR count). The summed E-state index contributed by atoms with van der Waals surface area (Å²) >= 11 is 0. The van der Waals surface area contributed by atoms with Gasteiger partial charge in [0.05, 0.1) is 6.57 Å². The van der Waals surface area contributed by atoms with E-state index in [4.69, 9.17) is 6.57 Å². The minimum absolute atomic E-state index is 0.107. The van der Waals surface area contributed by atoms with Crippen molar-refractivity contribution in [2.45, 2.75) is 40.0 Å². The van der Waals surface area contributed by atoms with E-state index in [0.717, 1.165) is 36.1 Å². The van der Waals surface area contributed by atoms with Crippen LogP contribution in [0.5, 0.6) is 0 Å². The zero-order valence-corrected chi connectivity index (χ0v) is 11.1. The number of nitrogens with zero attached hydrogens (tertiary/aromatic N) is 1. The highest BCUT2D eigenvalue weighted by Crippen LogP contribution is 2.41. The average Bonchev–Trinajstić information content (AvgIpc) is 2.30. The molecule has 1 fully saturated rings. The molecule has 3 heteroatoms. The number of carbonyl (C=O) groups excluding carboxylic acids is 1. The van der Waals surface area contributed by atoms with E-state index >= 15 is 0 Å². The van der Waals surface area contributed by atoms with E-state index in [1.807, 2.05) is 32.9 Å². The lowest BCUT2D eigenvalue weighted by molar-refractivity contribution is -0.128. The van der Waals surface area contributed by atoms with Gasteiger partial charge in [-0.3, -0.25) is 4.79 Å². The maximum Gasteiger partial charge on any atom is 0.230 e. The van der Waals surface area contributed by atoms with Crippen molar-refractivity contribution in [1.29, 1.82) is 0 Å². The predicted molar refractivity (Wildman–Crippen MR) is 72.8 cm³/mol. The molecule has 0 saturated heterocycles. The van der Waals surface area contributed by atoms with Crippen molar-refractivity contribution >= 4 is 17.3 Å². The van der Waals surface area contributed by atoms with Crippen LogP contribution in [0.3, 0.4) is 0 Å². The van der Waals surface area contributed by atoms with Crippen molar-refractivity contribution in [2.75, 3.05) is 5.32 Å². The van der Waals surface area contributed by atoms with E-state index in [-0.39, 0.29) is 11.3 Å².